The Kier molecular flexibility index (Phi) is 4.58. The van der Waals surface area contributed by atoms with Crippen molar-refractivity contribution in [3.63, 3.8) is 0 Å². The van der Waals surface area contributed by atoms with E-state index in [1.807, 2.05) is 13.8 Å². The van der Waals surface area contributed by atoms with Crippen molar-refractivity contribution in [2.75, 3.05) is 11.9 Å². The van der Waals surface area contributed by atoms with Gasteiger partial charge in [0.15, 0.2) is 0 Å². The second kappa shape index (κ2) is 5.96. The highest BCUT2D eigenvalue weighted by molar-refractivity contribution is 6.30. The average molecular weight is 338 g/mol. The maximum Gasteiger partial charge on any atom is 0.460 e. The number of hydrogen-bond donors (Lipinski definition) is 1. The molecule has 1 aromatic carbocycles. The molecule has 122 valence electrons. The van der Waals surface area contributed by atoms with Crippen LogP contribution in [0.25, 0.3) is 0 Å². The summed E-state index contributed by atoms with van der Waals surface area (Å²) in [5.74, 6) is -3.01. The van der Waals surface area contributed by atoms with Gasteiger partial charge in [0, 0.05) is 5.02 Å². The molecule has 0 bridgehead atoms. The second-order valence-corrected chi connectivity index (χ2v) is 5.79. The number of ether oxygens (including phenoxy) is 2. The fraction of sp³-hybridized carbons (Fsp3) is 0.500. The van der Waals surface area contributed by atoms with E-state index in [1.165, 1.54) is 12.1 Å². The summed E-state index contributed by atoms with van der Waals surface area (Å²) in [5, 5.41) is 2.30. The van der Waals surface area contributed by atoms with Crippen LogP contribution in [0.3, 0.4) is 0 Å². The Bertz CT molecular complexity index is 577. The molecule has 0 unspecified atom stereocenters. The SMILES string of the molecule is CC(C)CCO[C@]1(C(F)(F)F)OC(=O)Nc2ccc(Cl)cc21. The molecule has 1 aliphatic heterocycles. The standard InChI is InChI=1S/C14H15ClF3NO3/c1-8(2)5-6-21-13(14(16,17)18)10-7-9(15)3-4-11(10)19-12(20)22-13/h3-4,7-8H,5-6H2,1-2H3,(H,19,20)/t13-/m0/s1. The lowest BCUT2D eigenvalue weighted by Crippen LogP contribution is -2.52. The number of carbonyl (C=O) groups is 1. The first kappa shape index (κ1) is 16.9. The Balaban J connectivity index is 2.48. The molecule has 0 spiro atoms. The van der Waals surface area contributed by atoms with E-state index < -0.39 is 18.1 Å². The molecular weight excluding hydrogens is 323 g/mol. The summed E-state index contributed by atoms with van der Waals surface area (Å²) in [6.45, 7) is 3.49. The highest BCUT2D eigenvalue weighted by Gasteiger charge is 2.64. The van der Waals surface area contributed by atoms with E-state index in [0.29, 0.717) is 6.42 Å². The summed E-state index contributed by atoms with van der Waals surface area (Å²) in [5.41, 5.74) is -0.404. The Morgan fingerprint density at radius 1 is 1.41 bits per heavy atom. The molecule has 0 saturated heterocycles. The van der Waals surface area contributed by atoms with Crippen molar-refractivity contribution in [2.24, 2.45) is 5.92 Å². The first-order valence-corrected chi connectivity index (χ1v) is 7.04. The lowest BCUT2D eigenvalue weighted by Gasteiger charge is -2.39. The number of halogens is 4. The number of amides is 1. The Labute approximate surface area is 130 Å². The van der Waals surface area contributed by atoms with Gasteiger partial charge in [-0.05, 0) is 30.5 Å². The van der Waals surface area contributed by atoms with Crippen molar-refractivity contribution in [3.05, 3.63) is 28.8 Å². The summed E-state index contributed by atoms with van der Waals surface area (Å²) < 4.78 is 50.5. The topological polar surface area (TPSA) is 47.6 Å². The number of alkyl halides is 3. The third-order valence-electron chi connectivity index (χ3n) is 3.18. The number of carbonyl (C=O) groups excluding carboxylic acids is 1. The molecule has 2 rings (SSSR count). The minimum absolute atomic E-state index is 0.0393. The summed E-state index contributed by atoms with van der Waals surface area (Å²) in [7, 11) is 0. The number of anilines is 1. The highest BCUT2D eigenvalue weighted by atomic mass is 35.5. The second-order valence-electron chi connectivity index (χ2n) is 5.35. The maximum atomic E-state index is 13.6. The van der Waals surface area contributed by atoms with Crippen molar-refractivity contribution in [2.45, 2.75) is 32.2 Å². The number of hydrogen-bond acceptors (Lipinski definition) is 3. The van der Waals surface area contributed by atoms with Crippen LogP contribution in [0.5, 0.6) is 0 Å². The van der Waals surface area contributed by atoms with Gasteiger partial charge in [-0.25, -0.2) is 4.79 Å². The molecule has 1 aromatic rings. The normalized spacial score (nSPS) is 21.3. The van der Waals surface area contributed by atoms with Crippen molar-refractivity contribution < 1.29 is 27.4 Å². The third kappa shape index (κ3) is 3.15. The molecule has 0 saturated carbocycles. The molecule has 0 radical (unpaired) electrons. The minimum atomic E-state index is -4.94. The lowest BCUT2D eigenvalue weighted by atomic mass is 10.0. The molecule has 22 heavy (non-hydrogen) atoms. The molecule has 4 nitrogen and oxygen atoms in total. The van der Waals surface area contributed by atoms with Gasteiger partial charge in [0.1, 0.15) is 0 Å². The maximum absolute atomic E-state index is 13.6. The van der Waals surface area contributed by atoms with Crippen LogP contribution in [0.1, 0.15) is 25.8 Å². The van der Waals surface area contributed by atoms with E-state index >= 15 is 0 Å². The smallest absolute Gasteiger partial charge is 0.402 e. The summed E-state index contributed by atoms with van der Waals surface area (Å²) in [6.07, 6.45) is -5.78. The van der Waals surface area contributed by atoms with Crippen molar-refractivity contribution in [1.82, 2.24) is 0 Å². The van der Waals surface area contributed by atoms with E-state index in [-0.39, 0.29) is 28.8 Å². The van der Waals surface area contributed by atoms with Crippen molar-refractivity contribution >= 4 is 23.4 Å². The first-order valence-electron chi connectivity index (χ1n) is 6.66. The molecule has 1 amide bonds. The average Bonchev–Trinajstić information content (AvgIpc) is 2.37. The van der Waals surface area contributed by atoms with Crippen LogP contribution in [0, 0.1) is 5.92 Å². The fourth-order valence-electron chi connectivity index (χ4n) is 2.06. The molecule has 0 fully saturated rings. The summed E-state index contributed by atoms with van der Waals surface area (Å²) >= 11 is 5.78. The van der Waals surface area contributed by atoms with E-state index in [0.717, 1.165) is 6.07 Å². The van der Waals surface area contributed by atoms with E-state index in [4.69, 9.17) is 16.3 Å². The van der Waals surface area contributed by atoms with Crippen LogP contribution in [-0.2, 0) is 15.3 Å². The quantitative estimate of drug-likeness (QED) is 0.867. The number of benzene rings is 1. The molecule has 0 aliphatic carbocycles. The van der Waals surface area contributed by atoms with Crippen molar-refractivity contribution in [3.8, 4) is 0 Å². The van der Waals surface area contributed by atoms with Crippen LogP contribution in [0.15, 0.2) is 18.2 Å². The van der Waals surface area contributed by atoms with Gasteiger partial charge in [-0.3, -0.25) is 5.32 Å². The molecular formula is C14H15ClF3NO3. The molecule has 1 N–H and O–H groups in total. The van der Waals surface area contributed by atoms with Gasteiger partial charge in [-0.1, -0.05) is 25.4 Å². The zero-order valence-electron chi connectivity index (χ0n) is 12.0. The van der Waals surface area contributed by atoms with Gasteiger partial charge in [0.25, 0.3) is 0 Å². The molecule has 8 heteroatoms. The van der Waals surface area contributed by atoms with Gasteiger partial charge >= 0.3 is 18.1 Å². The minimum Gasteiger partial charge on any atom is -0.402 e. The largest absolute Gasteiger partial charge is 0.460 e. The highest BCUT2D eigenvalue weighted by Crippen LogP contribution is 2.49. The van der Waals surface area contributed by atoms with Gasteiger partial charge < -0.3 is 9.47 Å². The zero-order chi connectivity index (χ0) is 16.5. The van der Waals surface area contributed by atoms with Crippen LogP contribution < -0.4 is 5.32 Å². The number of fused-ring (bicyclic) bond motifs is 1. The summed E-state index contributed by atoms with van der Waals surface area (Å²) in [6, 6.07) is 3.74. The monoisotopic (exact) mass is 337 g/mol. The van der Waals surface area contributed by atoms with Crippen LogP contribution in [0.2, 0.25) is 5.02 Å². The number of cyclic esters (lactones) is 1. The predicted octanol–water partition coefficient (Wildman–Crippen LogP) is 4.68. The van der Waals surface area contributed by atoms with Gasteiger partial charge in [0.2, 0.25) is 0 Å². The molecule has 1 atom stereocenters. The molecule has 1 heterocycles. The summed E-state index contributed by atoms with van der Waals surface area (Å²) in [4.78, 5) is 11.5. The Morgan fingerprint density at radius 3 is 2.68 bits per heavy atom. The van der Waals surface area contributed by atoms with Crippen LogP contribution >= 0.6 is 11.6 Å². The first-order chi connectivity index (χ1) is 10.2. The lowest BCUT2D eigenvalue weighted by molar-refractivity contribution is -0.372. The van der Waals surface area contributed by atoms with Gasteiger partial charge in [-0.15, -0.1) is 0 Å². The van der Waals surface area contributed by atoms with E-state index in [9.17, 15) is 18.0 Å². The van der Waals surface area contributed by atoms with Crippen molar-refractivity contribution in [1.29, 1.82) is 0 Å². The predicted molar refractivity (Wildman–Crippen MR) is 74.7 cm³/mol. The van der Waals surface area contributed by atoms with Gasteiger partial charge in [-0.2, -0.15) is 13.2 Å². The number of rotatable bonds is 4. The fourth-order valence-corrected chi connectivity index (χ4v) is 2.23. The molecule has 0 aromatic heterocycles. The van der Waals surface area contributed by atoms with Gasteiger partial charge in [0.05, 0.1) is 17.9 Å². The Hall–Kier alpha value is -1.47. The zero-order valence-corrected chi connectivity index (χ0v) is 12.7. The van der Waals surface area contributed by atoms with Crippen LogP contribution in [0.4, 0.5) is 23.7 Å². The van der Waals surface area contributed by atoms with E-state index in [1.54, 1.807) is 0 Å². The van der Waals surface area contributed by atoms with E-state index in [2.05, 4.69) is 10.1 Å². The third-order valence-corrected chi connectivity index (χ3v) is 3.42. The molecule has 1 aliphatic rings. The Morgan fingerprint density at radius 2 is 2.09 bits per heavy atom. The van der Waals surface area contributed by atoms with Crippen LogP contribution in [-0.4, -0.2) is 18.9 Å². The number of nitrogens with one attached hydrogen (secondary N) is 1.